The maximum Gasteiger partial charge on any atom is 0.318 e. The monoisotopic (exact) mass is 538 g/mol. The summed E-state index contributed by atoms with van der Waals surface area (Å²) in [5.74, 6) is 0.00537. The Bertz CT molecular complexity index is 1090. The Morgan fingerprint density at radius 1 is 1.08 bits per heavy atom. The van der Waals surface area contributed by atoms with Crippen LogP contribution in [0.4, 0.5) is 4.79 Å². The van der Waals surface area contributed by atoms with Gasteiger partial charge in [0.15, 0.2) is 6.61 Å². The van der Waals surface area contributed by atoms with Gasteiger partial charge in [0, 0.05) is 25.7 Å². The number of nitrogens with zero attached hydrogens (tertiary/aromatic N) is 1. The molecule has 0 radical (unpaired) electrons. The summed E-state index contributed by atoms with van der Waals surface area (Å²) in [5.41, 5.74) is 2.91. The molecular weight excluding hydrogens is 496 g/mol. The number of aliphatic hydroxyl groups excluding tert-OH is 1. The molecule has 3 rings (SSSR count). The van der Waals surface area contributed by atoms with Crippen molar-refractivity contribution in [3.8, 4) is 5.75 Å². The molecule has 1 aliphatic heterocycles. The first-order valence-electron chi connectivity index (χ1n) is 13.7. The van der Waals surface area contributed by atoms with E-state index < -0.39 is 18.2 Å². The third-order valence-corrected chi connectivity index (χ3v) is 6.87. The highest BCUT2D eigenvalue weighted by Crippen LogP contribution is 2.22. The van der Waals surface area contributed by atoms with Gasteiger partial charge in [-0.2, -0.15) is 0 Å². The van der Waals surface area contributed by atoms with E-state index >= 15 is 0 Å². The summed E-state index contributed by atoms with van der Waals surface area (Å²) in [6.07, 6.45) is 0.625. The average molecular weight is 539 g/mol. The maximum atomic E-state index is 13.5. The Hall–Kier alpha value is -3.59. The number of aryl methyl sites for hydroxylation is 2. The van der Waals surface area contributed by atoms with E-state index in [0.717, 1.165) is 23.1 Å². The van der Waals surface area contributed by atoms with E-state index in [1.54, 1.807) is 4.90 Å². The van der Waals surface area contributed by atoms with Crippen LogP contribution in [0.15, 0.2) is 48.5 Å². The lowest BCUT2D eigenvalue weighted by Gasteiger charge is -2.37. The zero-order chi connectivity index (χ0) is 28.4. The van der Waals surface area contributed by atoms with Crippen LogP contribution < -0.4 is 20.7 Å². The third-order valence-electron chi connectivity index (χ3n) is 6.87. The minimum Gasteiger partial charge on any atom is -0.483 e. The minimum atomic E-state index is -0.890. The zero-order valence-electron chi connectivity index (χ0n) is 23.4. The Kier molecular flexibility index (Phi) is 11.2. The van der Waals surface area contributed by atoms with Crippen LogP contribution in [0.3, 0.4) is 0 Å². The van der Waals surface area contributed by atoms with Crippen molar-refractivity contribution in [1.82, 2.24) is 20.9 Å². The molecule has 2 unspecified atom stereocenters. The minimum absolute atomic E-state index is 0.0260. The van der Waals surface area contributed by atoms with Gasteiger partial charge in [0.05, 0.1) is 6.10 Å². The molecule has 1 saturated heterocycles. The molecule has 2 aromatic carbocycles. The van der Waals surface area contributed by atoms with Crippen molar-refractivity contribution in [2.45, 2.75) is 65.1 Å². The van der Waals surface area contributed by atoms with Gasteiger partial charge in [-0.15, -0.1) is 0 Å². The number of nitrogens with one attached hydrogen (secondary N) is 3. The van der Waals surface area contributed by atoms with Gasteiger partial charge in [-0.05, 0) is 55.7 Å². The molecule has 1 aliphatic rings. The van der Waals surface area contributed by atoms with Gasteiger partial charge in [-0.1, -0.05) is 62.4 Å². The molecular formula is C30H42N4O5. The summed E-state index contributed by atoms with van der Waals surface area (Å²) in [4.78, 5) is 39.9. The first kappa shape index (κ1) is 30.0. The summed E-state index contributed by atoms with van der Waals surface area (Å²) in [7, 11) is 0. The number of hydrogen-bond donors (Lipinski definition) is 4. The Morgan fingerprint density at radius 3 is 2.41 bits per heavy atom. The molecule has 4 amide bonds. The van der Waals surface area contributed by atoms with E-state index in [9.17, 15) is 19.5 Å². The Labute approximate surface area is 231 Å². The average Bonchev–Trinajstić information content (AvgIpc) is 2.89. The smallest absolute Gasteiger partial charge is 0.318 e. The van der Waals surface area contributed by atoms with E-state index in [1.807, 2.05) is 76.2 Å². The topological polar surface area (TPSA) is 120 Å². The molecule has 9 nitrogen and oxygen atoms in total. The van der Waals surface area contributed by atoms with Gasteiger partial charge in [-0.25, -0.2) is 4.79 Å². The quantitative estimate of drug-likeness (QED) is 0.313. The largest absolute Gasteiger partial charge is 0.483 e. The van der Waals surface area contributed by atoms with E-state index in [2.05, 4.69) is 16.0 Å². The lowest BCUT2D eigenvalue weighted by atomic mass is 9.97. The van der Waals surface area contributed by atoms with Gasteiger partial charge >= 0.3 is 6.03 Å². The molecule has 9 heteroatoms. The van der Waals surface area contributed by atoms with Crippen molar-refractivity contribution >= 4 is 17.8 Å². The fraction of sp³-hybridized carbons (Fsp3) is 0.500. The molecule has 212 valence electrons. The fourth-order valence-corrected chi connectivity index (χ4v) is 4.95. The van der Waals surface area contributed by atoms with Crippen LogP contribution in [-0.2, 0) is 16.0 Å². The number of benzene rings is 2. The van der Waals surface area contributed by atoms with Crippen LogP contribution in [0.25, 0.3) is 0 Å². The second kappa shape index (κ2) is 14.5. The van der Waals surface area contributed by atoms with Crippen molar-refractivity contribution in [2.24, 2.45) is 5.92 Å². The van der Waals surface area contributed by atoms with E-state index in [1.165, 1.54) is 0 Å². The third kappa shape index (κ3) is 8.99. The Balaban J connectivity index is 1.60. The summed E-state index contributed by atoms with van der Waals surface area (Å²) in [6, 6.07) is 14.2. The van der Waals surface area contributed by atoms with Crippen molar-refractivity contribution in [1.29, 1.82) is 0 Å². The molecule has 2 aromatic rings. The number of ether oxygens (including phenoxy) is 1. The number of urea groups is 1. The van der Waals surface area contributed by atoms with Crippen LogP contribution in [-0.4, -0.2) is 72.3 Å². The van der Waals surface area contributed by atoms with E-state index in [4.69, 9.17) is 4.74 Å². The molecule has 1 heterocycles. The van der Waals surface area contributed by atoms with Gasteiger partial charge in [0.2, 0.25) is 5.91 Å². The number of para-hydroxylation sites is 1. The summed E-state index contributed by atoms with van der Waals surface area (Å²) >= 11 is 0. The fourth-order valence-electron chi connectivity index (χ4n) is 4.95. The van der Waals surface area contributed by atoms with Crippen molar-refractivity contribution in [2.75, 3.05) is 26.2 Å². The molecule has 0 aromatic heterocycles. The number of amides is 4. The molecule has 1 fully saturated rings. The molecule has 3 atom stereocenters. The predicted molar refractivity (Wildman–Crippen MR) is 150 cm³/mol. The van der Waals surface area contributed by atoms with Gasteiger partial charge in [-0.3, -0.25) is 9.59 Å². The van der Waals surface area contributed by atoms with Crippen molar-refractivity contribution in [3.63, 3.8) is 0 Å². The molecule has 0 bridgehead atoms. The highest BCUT2D eigenvalue weighted by molar-refractivity contribution is 5.87. The van der Waals surface area contributed by atoms with Crippen molar-refractivity contribution in [3.05, 3.63) is 65.2 Å². The van der Waals surface area contributed by atoms with E-state index in [0.29, 0.717) is 25.3 Å². The lowest BCUT2D eigenvalue weighted by Crippen LogP contribution is -2.59. The summed E-state index contributed by atoms with van der Waals surface area (Å²) in [6.45, 7) is 8.68. The second-order valence-corrected chi connectivity index (χ2v) is 10.6. The van der Waals surface area contributed by atoms with Crippen LogP contribution in [0.5, 0.6) is 5.75 Å². The molecule has 4 N–H and O–H groups in total. The van der Waals surface area contributed by atoms with Crippen LogP contribution >= 0.6 is 0 Å². The number of hydrogen-bond acceptors (Lipinski definition) is 5. The van der Waals surface area contributed by atoms with Gasteiger partial charge < -0.3 is 30.7 Å². The number of aliphatic hydroxyl groups is 1. The lowest BCUT2D eigenvalue weighted by molar-refractivity contribution is -0.128. The van der Waals surface area contributed by atoms with Gasteiger partial charge in [0.1, 0.15) is 11.8 Å². The molecule has 0 saturated carbocycles. The number of carbonyl (C=O) groups is 3. The standard InChI is InChI=1S/C30H42N4O5/c1-20(2)27(34-15-9-14-31-30(34)38)29(37)33-24(16-23-12-6-5-7-13-23)17-25(35)18-32-26(36)19-39-28-21(3)10-8-11-22(28)4/h5-8,10-13,20,24-25,27,35H,9,14-19H2,1-4H3,(H,31,38)(H,32,36)(H,33,37)/t24-,25?,27?/m0/s1. The normalized spacial score (nSPS) is 15.7. The van der Waals surface area contributed by atoms with Crippen LogP contribution in [0.2, 0.25) is 0 Å². The predicted octanol–water partition coefficient (Wildman–Crippen LogP) is 2.72. The van der Waals surface area contributed by atoms with Crippen LogP contribution in [0, 0.1) is 19.8 Å². The van der Waals surface area contributed by atoms with Gasteiger partial charge in [0.25, 0.3) is 5.91 Å². The van der Waals surface area contributed by atoms with Crippen molar-refractivity contribution < 1.29 is 24.2 Å². The number of rotatable bonds is 13. The first-order valence-corrected chi connectivity index (χ1v) is 13.7. The summed E-state index contributed by atoms with van der Waals surface area (Å²) in [5, 5.41) is 19.4. The molecule has 39 heavy (non-hydrogen) atoms. The SMILES string of the molecule is Cc1cccc(C)c1OCC(=O)NCC(O)C[C@H](Cc1ccccc1)NC(=O)C(C(C)C)N1CCCNC1=O. The summed E-state index contributed by atoms with van der Waals surface area (Å²) < 4.78 is 5.70. The van der Waals surface area contributed by atoms with E-state index in [-0.39, 0.29) is 43.3 Å². The zero-order valence-corrected chi connectivity index (χ0v) is 23.4. The maximum absolute atomic E-state index is 13.5. The number of carbonyl (C=O) groups excluding carboxylic acids is 3. The highest BCUT2D eigenvalue weighted by Gasteiger charge is 2.35. The molecule has 0 aliphatic carbocycles. The molecule has 0 spiro atoms. The Morgan fingerprint density at radius 2 is 1.77 bits per heavy atom. The second-order valence-electron chi connectivity index (χ2n) is 10.6. The highest BCUT2D eigenvalue weighted by atomic mass is 16.5. The van der Waals surface area contributed by atoms with Crippen LogP contribution in [0.1, 0.15) is 43.4 Å². The first-order chi connectivity index (χ1) is 18.7.